The highest BCUT2D eigenvalue weighted by atomic mass is 16.5. The number of Topliss-reactive ketones (excluding diaryl/α,β-unsaturated/α-hetero) is 1. The van der Waals surface area contributed by atoms with Crippen molar-refractivity contribution in [3.63, 3.8) is 0 Å². The Morgan fingerprint density at radius 1 is 0.957 bits per heavy atom. The molecule has 0 heterocycles. The zero-order valence-corrected chi connectivity index (χ0v) is 14.1. The van der Waals surface area contributed by atoms with Gasteiger partial charge in [-0.05, 0) is 6.42 Å². The van der Waals surface area contributed by atoms with Gasteiger partial charge in [-0.25, -0.2) is 5.48 Å². The second kappa shape index (κ2) is 11.8. The molecule has 128 valence electrons. The van der Waals surface area contributed by atoms with Crippen LogP contribution in [0, 0.1) is 5.92 Å². The lowest BCUT2D eigenvalue weighted by atomic mass is 9.91. The van der Waals surface area contributed by atoms with Gasteiger partial charge in [-0.3, -0.25) is 14.8 Å². The molecule has 0 aliphatic carbocycles. The number of hydrogen-bond donors (Lipinski definition) is 2. The Bertz CT molecular complexity index is 459. The van der Waals surface area contributed by atoms with Crippen LogP contribution in [0.15, 0.2) is 30.3 Å². The van der Waals surface area contributed by atoms with Crippen LogP contribution in [-0.2, 0) is 4.79 Å². The Hall–Kier alpha value is -1.68. The molecule has 0 radical (unpaired) electrons. The van der Waals surface area contributed by atoms with E-state index in [0.717, 1.165) is 19.3 Å². The molecular weight excluding hydrogens is 290 g/mol. The summed E-state index contributed by atoms with van der Waals surface area (Å²) in [6.07, 6.45) is 9.77. The molecule has 4 heteroatoms. The number of carbonyl (C=O) groups is 2. The largest absolute Gasteiger partial charge is 0.293 e. The van der Waals surface area contributed by atoms with E-state index in [4.69, 9.17) is 5.21 Å². The molecule has 0 saturated heterocycles. The average molecular weight is 319 g/mol. The summed E-state index contributed by atoms with van der Waals surface area (Å²) in [5, 5.41) is 8.87. The Labute approximate surface area is 139 Å². The van der Waals surface area contributed by atoms with Crippen LogP contribution in [0.5, 0.6) is 0 Å². The Morgan fingerprint density at radius 2 is 1.52 bits per heavy atom. The van der Waals surface area contributed by atoms with Gasteiger partial charge in [-0.15, -0.1) is 0 Å². The third-order valence-corrected chi connectivity index (χ3v) is 4.15. The second-order valence-electron chi connectivity index (χ2n) is 6.02. The van der Waals surface area contributed by atoms with Gasteiger partial charge in [0.2, 0.25) is 0 Å². The minimum atomic E-state index is -0.803. The fraction of sp³-hybridized carbons (Fsp3) is 0.579. The summed E-state index contributed by atoms with van der Waals surface area (Å²) >= 11 is 0. The molecule has 1 atom stereocenters. The van der Waals surface area contributed by atoms with Crippen molar-refractivity contribution in [2.24, 2.45) is 5.92 Å². The van der Waals surface area contributed by atoms with Crippen LogP contribution < -0.4 is 5.48 Å². The molecule has 0 aliphatic rings. The zero-order valence-electron chi connectivity index (χ0n) is 14.1. The molecule has 2 N–H and O–H groups in total. The van der Waals surface area contributed by atoms with Crippen LogP contribution in [-0.4, -0.2) is 16.9 Å². The third kappa shape index (κ3) is 7.42. The van der Waals surface area contributed by atoms with Gasteiger partial charge in [0.25, 0.3) is 5.91 Å². The topological polar surface area (TPSA) is 66.4 Å². The van der Waals surface area contributed by atoms with Crippen LogP contribution in [0.1, 0.15) is 75.1 Å². The molecule has 0 fully saturated rings. The number of ketones is 1. The summed E-state index contributed by atoms with van der Waals surface area (Å²) in [5.74, 6) is -1.63. The van der Waals surface area contributed by atoms with Crippen molar-refractivity contribution >= 4 is 11.7 Å². The lowest BCUT2D eigenvalue weighted by Crippen LogP contribution is -2.33. The predicted molar refractivity (Wildman–Crippen MR) is 91.4 cm³/mol. The SMILES string of the molecule is CCCCCCCCCCC(C(=O)NO)C(=O)c1ccccc1. The van der Waals surface area contributed by atoms with Gasteiger partial charge < -0.3 is 0 Å². The second-order valence-corrected chi connectivity index (χ2v) is 6.02. The van der Waals surface area contributed by atoms with Crippen molar-refractivity contribution in [3.05, 3.63) is 35.9 Å². The number of rotatable bonds is 12. The number of hydroxylamine groups is 1. The maximum Gasteiger partial charge on any atom is 0.254 e. The van der Waals surface area contributed by atoms with Crippen LogP contribution in [0.4, 0.5) is 0 Å². The van der Waals surface area contributed by atoms with Crippen molar-refractivity contribution in [1.82, 2.24) is 5.48 Å². The van der Waals surface area contributed by atoms with Gasteiger partial charge in [-0.2, -0.15) is 0 Å². The molecule has 1 aromatic carbocycles. The monoisotopic (exact) mass is 319 g/mol. The van der Waals surface area contributed by atoms with E-state index < -0.39 is 11.8 Å². The quantitative estimate of drug-likeness (QED) is 0.196. The van der Waals surface area contributed by atoms with Crippen LogP contribution in [0.2, 0.25) is 0 Å². The van der Waals surface area contributed by atoms with Gasteiger partial charge >= 0.3 is 0 Å². The first-order valence-corrected chi connectivity index (χ1v) is 8.74. The highest BCUT2D eigenvalue weighted by Crippen LogP contribution is 2.18. The first kappa shape index (κ1) is 19.4. The molecule has 1 aromatic rings. The van der Waals surface area contributed by atoms with Gasteiger partial charge in [0.1, 0.15) is 5.92 Å². The fourth-order valence-electron chi connectivity index (χ4n) is 2.75. The number of amides is 1. The number of carbonyl (C=O) groups excluding carboxylic acids is 2. The molecule has 1 amide bonds. The van der Waals surface area contributed by atoms with Crippen LogP contribution in [0.25, 0.3) is 0 Å². The Balaban J connectivity index is 2.38. The van der Waals surface area contributed by atoms with Crippen molar-refractivity contribution in [1.29, 1.82) is 0 Å². The lowest BCUT2D eigenvalue weighted by Gasteiger charge is -2.13. The van der Waals surface area contributed by atoms with E-state index in [1.54, 1.807) is 29.7 Å². The molecule has 0 bridgehead atoms. The van der Waals surface area contributed by atoms with E-state index in [9.17, 15) is 9.59 Å². The normalized spacial score (nSPS) is 11.9. The molecule has 4 nitrogen and oxygen atoms in total. The van der Waals surface area contributed by atoms with Gasteiger partial charge in [-0.1, -0.05) is 88.6 Å². The van der Waals surface area contributed by atoms with Crippen molar-refractivity contribution in [3.8, 4) is 0 Å². The summed E-state index contributed by atoms with van der Waals surface area (Å²) in [6.45, 7) is 2.20. The van der Waals surface area contributed by atoms with Crippen LogP contribution in [0.3, 0.4) is 0 Å². The molecular formula is C19H29NO3. The number of unbranched alkanes of at least 4 members (excludes halogenated alkanes) is 7. The minimum absolute atomic E-state index is 0.222. The van der Waals surface area contributed by atoms with Gasteiger partial charge in [0, 0.05) is 5.56 Å². The zero-order chi connectivity index (χ0) is 16.9. The summed E-state index contributed by atoms with van der Waals surface area (Å²) in [4.78, 5) is 24.2. The average Bonchev–Trinajstić information content (AvgIpc) is 2.60. The molecule has 1 rings (SSSR count). The van der Waals surface area contributed by atoms with Gasteiger partial charge in [0.15, 0.2) is 5.78 Å². The van der Waals surface area contributed by atoms with E-state index in [1.807, 2.05) is 6.07 Å². The van der Waals surface area contributed by atoms with E-state index in [-0.39, 0.29) is 5.78 Å². The molecule has 0 aliphatic heterocycles. The van der Waals surface area contributed by atoms with Crippen molar-refractivity contribution in [2.75, 3.05) is 0 Å². The summed E-state index contributed by atoms with van der Waals surface area (Å²) in [7, 11) is 0. The lowest BCUT2D eigenvalue weighted by molar-refractivity contribution is -0.132. The number of hydrogen-bond acceptors (Lipinski definition) is 3. The smallest absolute Gasteiger partial charge is 0.254 e. The Kier molecular flexibility index (Phi) is 9.96. The molecule has 23 heavy (non-hydrogen) atoms. The number of nitrogens with one attached hydrogen (secondary N) is 1. The van der Waals surface area contributed by atoms with Crippen molar-refractivity contribution in [2.45, 2.75) is 64.7 Å². The highest BCUT2D eigenvalue weighted by molar-refractivity contribution is 6.09. The molecule has 1 unspecified atom stereocenters. The van der Waals surface area contributed by atoms with E-state index >= 15 is 0 Å². The van der Waals surface area contributed by atoms with E-state index in [0.29, 0.717) is 12.0 Å². The minimum Gasteiger partial charge on any atom is -0.293 e. The van der Waals surface area contributed by atoms with Crippen molar-refractivity contribution < 1.29 is 14.8 Å². The summed E-state index contributed by atoms with van der Waals surface area (Å²) < 4.78 is 0. The Morgan fingerprint density at radius 3 is 2.09 bits per heavy atom. The molecule has 0 spiro atoms. The highest BCUT2D eigenvalue weighted by Gasteiger charge is 2.26. The van der Waals surface area contributed by atoms with E-state index in [1.165, 1.54) is 32.1 Å². The third-order valence-electron chi connectivity index (χ3n) is 4.15. The summed E-state index contributed by atoms with van der Waals surface area (Å²) in [6, 6.07) is 8.78. The molecule has 0 aromatic heterocycles. The first-order valence-electron chi connectivity index (χ1n) is 8.74. The first-order chi connectivity index (χ1) is 11.2. The maximum absolute atomic E-state index is 12.4. The van der Waals surface area contributed by atoms with E-state index in [2.05, 4.69) is 6.92 Å². The number of benzene rings is 1. The van der Waals surface area contributed by atoms with Gasteiger partial charge in [0.05, 0.1) is 0 Å². The molecule has 0 saturated carbocycles. The predicted octanol–water partition coefficient (Wildman–Crippen LogP) is 4.52. The standard InChI is InChI=1S/C19H29NO3/c1-2-3-4-5-6-7-8-12-15-17(19(22)20-23)18(21)16-13-10-9-11-14-16/h9-11,13-14,17,23H,2-8,12,15H2,1H3,(H,20,22). The maximum atomic E-state index is 12.4. The fourth-order valence-corrected chi connectivity index (χ4v) is 2.75. The van der Waals surface area contributed by atoms with Crippen LogP contribution >= 0.6 is 0 Å². The summed E-state index contributed by atoms with van der Waals surface area (Å²) in [5.41, 5.74) is 2.15.